The molecule has 4 nitrogen and oxygen atoms in total. The van der Waals surface area contributed by atoms with E-state index in [4.69, 9.17) is 0 Å². The molecule has 2 unspecified atom stereocenters. The van der Waals surface area contributed by atoms with Crippen LogP contribution in [-0.2, 0) is 10.5 Å². The molecule has 2 rings (SSSR count). The Balaban J connectivity index is 2.43. The van der Waals surface area contributed by atoms with E-state index < -0.39 is 11.8 Å². The van der Waals surface area contributed by atoms with Crippen molar-refractivity contribution in [2.24, 2.45) is 0 Å². The third-order valence-electron chi connectivity index (χ3n) is 3.56. The van der Waals surface area contributed by atoms with Crippen LogP contribution in [0.2, 0.25) is 0 Å². The quantitative estimate of drug-likeness (QED) is 0.581. The van der Waals surface area contributed by atoms with Gasteiger partial charge >= 0.3 is 0 Å². The Bertz CT molecular complexity index is 607. The Kier molecular flexibility index (Phi) is 4.40. The molecule has 0 aliphatic heterocycles. The normalized spacial score (nSPS) is 15.0. The molecule has 0 radical (unpaired) electrons. The van der Waals surface area contributed by atoms with Crippen molar-refractivity contribution < 1.29 is 15.0 Å². The first-order valence-corrected chi connectivity index (χ1v) is 6.73. The molecule has 0 spiro atoms. The largest absolute Gasteiger partial charge is 0.383 e. The van der Waals surface area contributed by atoms with Crippen molar-refractivity contribution in [3.8, 4) is 0 Å². The lowest BCUT2D eigenvalue weighted by atomic mass is 9.91. The Labute approximate surface area is 124 Å². The fourth-order valence-electron chi connectivity index (χ4n) is 2.21. The van der Waals surface area contributed by atoms with Crippen LogP contribution in [0.4, 0.5) is 0 Å². The average molecular weight is 285 g/mol. The predicted octanol–water partition coefficient (Wildman–Crippen LogP) is 1.93. The zero-order valence-electron chi connectivity index (χ0n) is 12.1. The molecule has 2 aromatic rings. The van der Waals surface area contributed by atoms with Gasteiger partial charge in [0.05, 0.1) is 0 Å². The smallest absolute Gasteiger partial charge is 0.209 e. The Morgan fingerprint density at radius 3 is 1.95 bits per heavy atom. The summed E-state index contributed by atoms with van der Waals surface area (Å²) in [5.41, 5.74) is 1.15. The summed E-state index contributed by atoms with van der Waals surface area (Å²) in [4.78, 5) is 10.9. The van der Waals surface area contributed by atoms with Gasteiger partial charge < -0.3 is 15.5 Å². The van der Waals surface area contributed by atoms with Gasteiger partial charge in [-0.2, -0.15) is 0 Å². The summed E-state index contributed by atoms with van der Waals surface area (Å²) in [5.74, 6) is 0. The van der Waals surface area contributed by atoms with Gasteiger partial charge in [-0.15, -0.1) is 0 Å². The lowest BCUT2D eigenvalue weighted by molar-refractivity contribution is -0.134. The molecule has 0 fully saturated rings. The number of benzene rings is 2. The second-order valence-electron chi connectivity index (χ2n) is 5.21. The highest BCUT2D eigenvalue weighted by Gasteiger charge is 2.38. The molecule has 21 heavy (non-hydrogen) atoms. The van der Waals surface area contributed by atoms with Crippen LogP contribution in [-0.4, -0.2) is 16.6 Å². The lowest BCUT2D eigenvalue weighted by Crippen LogP contribution is -2.46. The number of nitrogens with one attached hydrogen (secondary N) is 1. The predicted molar refractivity (Wildman–Crippen MR) is 80.4 cm³/mol. The van der Waals surface area contributed by atoms with Crippen molar-refractivity contribution in [3.63, 3.8) is 0 Å². The number of amides is 1. The molecule has 1 amide bonds. The first-order valence-electron chi connectivity index (χ1n) is 6.73. The van der Waals surface area contributed by atoms with E-state index in [0.29, 0.717) is 17.5 Å². The van der Waals surface area contributed by atoms with Crippen LogP contribution in [0.3, 0.4) is 0 Å². The minimum Gasteiger partial charge on any atom is -0.383 e. The van der Waals surface area contributed by atoms with Crippen molar-refractivity contribution >= 4 is 6.41 Å². The van der Waals surface area contributed by atoms with E-state index >= 15 is 0 Å². The summed E-state index contributed by atoms with van der Waals surface area (Å²) in [6.45, 7) is 3.86. The molecule has 0 aliphatic carbocycles. The summed E-state index contributed by atoms with van der Waals surface area (Å²) in [7, 11) is 0. The topological polar surface area (TPSA) is 69.6 Å². The highest BCUT2D eigenvalue weighted by molar-refractivity contribution is 5.50. The van der Waals surface area contributed by atoms with Gasteiger partial charge in [-0.1, -0.05) is 59.7 Å². The van der Waals surface area contributed by atoms with E-state index in [9.17, 15) is 15.0 Å². The Hall–Kier alpha value is -2.17. The molecule has 0 aliphatic rings. The molecule has 0 saturated carbocycles. The summed E-state index contributed by atoms with van der Waals surface area (Å²) in [5, 5.41) is 23.6. The Morgan fingerprint density at radius 1 is 1.00 bits per heavy atom. The van der Waals surface area contributed by atoms with Crippen molar-refractivity contribution in [2.75, 3.05) is 0 Å². The van der Waals surface area contributed by atoms with E-state index in [1.165, 1.54) is 0 Å². The minimum atomic E-state index is -1.87. The molecular weight excluding hydrogens is 266 g/mol. The molecule has 3 N–H and O–H groups in total. The highest BCUT2D eigenvalue weighted by Crippen LogP contribution is 2.32. The summed E-state index contributed by atoms with van der Waals surface area (Å²) in [6.07, 6.45) is -0.886. The maximum atomic E-state index is 10.9. The number of hydrogen-bond donors (Lipinski definition) is 3. The standard InChI is InChI=1S/C17H19NO3/c1-12-3-7-14(8-4-12)16(20)17(21,18-11-19)15-9-5-13(2)6-10-15/h3-11,16,20-21H,1-2H3,(H,18,19). The van der Waals surface area contributed by atoms with Gasteiger partial charge in [-0.05, 0) is 19.4 Å². The van der Waals surface area contributed by atoms with Gasteiger partial charge in [0.2, 0.25) is 6.41 Å². The number of aliphatic hydroxyl groups excluding tert-OH is 1. The van der Waals surface area contributed by atoms with Gasteiger partial charge in [0.1, 0.15) is 6.10 Å². The monoisotopic (exact) mass is 285 g/mol. The van der Waals surface area contributed by atoms with Crippen molar-refractivity contribution in [1.82, 2.24) is 5.32 Å². The third-order valence-corrected chi connectivity index (χ3v) is 3.56. The number of aryl methyl sites for hydroxylation is 2. The van der Waals surface area contributed by atoms with E-state index in [1.54, 1.807) is 24.3 Å². The number of rotatable bonds is 5. The summed E-state index contributed by atoms with van der Waals surface area (Å²) < 4.78 is 0. The van der Waals surface area contributed by atoms with Gasteiger partial charge in [-0.25, -0.2) is 0 Å². The fourth-order valence-corrected chi connectivity index (χ4v) is 2.21. The lowest BCUT2D eigenvalue weighted by Gasteiger charge is -2.33. The molecule has 2 aromatic carbocycles. The molecule has 110 valence electrons. The van der Waals surface area contributed by atoms with Gasteiger partial charge in [-0.3, -0.25) is 4.79 Å². The van der Waals surface area contributed by atoms with Gasteiger partial charge in [0, 0.05) is 5.56 Å². The fraction of sp³-hybridized carbons (Fsp3) is 0.235. The number of aliphatic hydroxyl groups is 2. The van der Waals surface area contributed by atoms with Crippen LogP contribution in [0.15, 0.2) is 48.5 Å². The second kappa shape index (κ2) is 6.08. The molecule has 2 atom stereocenters. The maximum Gasteiger partial charge on any atom is 0.209 e. The summed E-state index contributed by atoms with van der Waals surface area (Å²) in [6, 6.07) is 14.1. The van der Waals surface area contributed by atoms with Crippen molar-refractivity contribution in [3.05, 3.63) is 70.8 Å². The van der Waals surface area contributed by atoms with Gasteiger partial charge in [0.15, 0.2) is 5.72 Å². The second-order valence-corrected chi connectivity index (χ2v) is 5.21. The van der Waals surface area contributed by atoms with Crippen LogP contribution in [0, 0.1) is 13.8 Å². The molecule has 0 aromatic heterocycles. The minimum absolute atomic E-state index is 0.386. The molecule has 0 saturated heterocycles. The number of carbonyl (C=O) groups excluding carboxylic acids is 1. The highest BCUT2D eigenvalue weighted by atomic mass is 16.4. The first-order chi connectivity index (χ1) is 9.97. The number of carbonyl (C=O) groups is 1. The first kappa shape index (κ1) is 15.2. The van der Waals surface area contributed by atoms with Crippen LogP contribution >= 0.6 is 0 Å². The maximum absolute atomic E-state index is 10.9. The van der Waals surface area contributed by atoms with Crippen molar-refractivity contribution in [1.29, 1.82) is 0 Å². The van der Waals surface area contributed by atoms with Crippen LogP contribution in [0.5, 0.6) is 0 Å². The van der Waals surface area contributed by atoms with Crippen molar-refractivity contribution in [2.45, 2.75) is 25.7 Å². The van der Waals surface area contributed by atoms with E-state index in [2.05, 4.69) is 5.32 Å². The van der Waals surface area contributed by atoms with E-state index in [1.807, 2.05) is 38.1 Å². The SMILES string of the molecule is Cc1ccc(C(O)C(O)(NC=O)c2ccc(C)cc2)cc1. The van der Waals surface area contributed by atoms with E-state index in [-0.39, 0.29) is 0 Å². The van der Waals surface area contributed by atoms with Gasteiger partial charge in [0.25, 0.3) is 0 Å². The van der Waals surface area contributed by atoms with Crippen LogP contribution in [0.1, 0.15) is 28.4 Å². The summed E-state index contributed by atoms with van der Waals surface area (Å²) >= 11 is 0. The third kappa shape index (κ3) is 3.12. The molecular formula is C17H19NO3. The van der Waals surface area contributed by atoms with Crippen LogP contribution < -0.4 is 5.32 Å². The van der Waals surface area contributed by atoms with Crippen LogP contribution in [0.25, 0.3) is 0 Å². The molecule has 0 heterocycles. The van der Waals surface area contributed by atoms with E-state index in [0.717, 1.165) is 11.1 Å². The molecule has 0 bridgehead atoms. The molecule has 4 heteroatoms. The average Bonchev–Trinajstić information content (AvgIpc) is 2.48. The zero-order valence-corrected chi connectivity index (χ0v) is 12.1. The number of hydrogen-bond acceptors (Lipinski definition) is 3. The zero-order chi connectivity index (χ0) is 15.5. The Morgan fingerprint density at radius 2 is 1.48 bits per heavy atom.